The van der Waals surface area contributed by atoms with Crippen molar-refractivity contribution in [3.63, 3.8) is 0 Å². The fourth-order valence-electron chi connectivity index (χ4n) is 3.08. The van der Waals surface area contributed by atoms with Gasteiger partial charge in [0.1, 0.15) is 11.5 Å². The topological polar surface area (TPSA) is 64.6 Å². The molecular formula is C23H19NO4. The Bertz CT molecular complexity index is 997. The minimum atomic E-state index is -0.333. The van der Waals surface area contributed by atoms with Crippen LogP contribution in [0.2, 0.25) is 0 Å². The second kappa shape index (κ2) is 7.96. The fraction of sp³-hybridized carbons (Fsp3) is 0.130. The van der Waals surface area contributed by atoms with Crippen LogP contribution in [0.25, 0.3) is 0 Å². The second-order valence-electron chi connectivity index (χ2n) is 6.54. The quantitative estimate of drug-likeness (QED) is 0.542. The van der Waals surface area contributed by atoms with Crippen LogP contribution in [0.3, 0.4) is 0 Å². The van der Waals surface area contributed by atoms with Crippen molar-refractivity contribution in [2.24, 2.45) is 0 Å². The van der Waals surface area contributed by atoms with Gasteiger partial charge in [-0.3, -0.25) is 9.59 Å². The Morgan fingerprint density at radius 1 is 0.964 bits per heavy atom. The lowest BCUT2D eigenvalue weighted by molar-refractivity contribution is -0.133. The SMILES string of the molecule is O=C(Cc1ccc2c(c1)CCO2)Oc1ccc(NC(=O)c2ccccc2)cc1. The molecule has 28 heavy (non-hydrogen) atoms. The van der Waals surface area contributed by atoms with Crippen LogP contribution in [0.15, 0.2) is 72.8 Å². The summed E-state index contributed by atoms with van der Waals surface area (Å²) in [5.74, 6) is 0.809. The number of carbonyl (C=O) groups is 2. The molecule has 1 aliphatic rings. The van der Waals surface area contributed by atoms with Crippen molar-refractivity contribution in [3.8, 4) is 11.5 Å². The van der Waals surface area contributed by atoms with Crippen molar-refractivity contribution < 1.29 is 19.1 Å². The summed E-state index contributed by atoms with van der Waals surface area (Å²) in [7, 11) is 0. The van der Waals surface area contributed by atoms with Crippen LogP contribution < -0.4 is 14.8 Å². The summed E-state index contributed by atoms with van der Waals surface area (Å²) in [6.45, 7) is 0.691. The number of amides is 1. The lowest BCUT2D eigenvalue weighted by atomic mass is 10.1. The molecule has 0 spiro atoms. The van der Waals surface area contributed by atoms with Crippen molar-refractivity contribution in [3.05, 3.63) is 89.5 Å². The van der Waals surface area contributed by atoms with Gasteiger partial charge in [0, 0.05) is 17.7 Å². The van der Waals surface area contributed by atoms with Crippen molar-refractivity contribution in [1.82, 2.24) is 0 Å². The van der Waals surface area contributed by atoms with Crippen molar-refractivity contribution in [2.45, 2.75) is 12.8 Å². The number of benzene rings is 3. The minimum Gasteiger partial charge on any atom is -0.493 e. The van der Waals surface area contributed by atoms with E-state index in [0.29, 0.717) is 23.6 Å². The van der Waals surface area contributed by atoms with E-state index in [9.17, 15) is 9.59 Å². The zero-order chi connectivity index (χ0) is 19.3. The number of anilines is 1. The smallest absolute Gasteiger partial charge is 0.315 e. The first-order valence-electron chi connectivity index (χ1n) is 9.09. The number of hydrogen-bond acceptors (Lipinski definition) is 4. The molecule has 0 aliphatic carbocycles. The molecule has 3 aromatic carbocycles. The molecule has 0 atom stereocenters. The maximum absolute atomic E-state index is 12.2. The van der Waals surface area contributed by atoms with Gasteiger partial charge in [-0.05, 0) is 53.6 Å². The fourth-order valence-corrected chi connectivity index (χ4v) is 3.08. The number of ether oxygens (including phenoxy) is 2. The molecule has 0 unspecified atom stereocenters. The van der Waals surface area contributed by atoms with Gasteiger partial charge < -0.3 is 14.8 Å². The average molecular weight is 373 g/mol. The van der Waals surface area contributed by atoms with Gasteiger partial charge in [0.15, 0.2) is 0 Å². The average Bonchev–Trinajstić information content (AvgIpc) is 3.18. The first kappa shape index (κ1) is 17.8. The molecule has 1 heterocycles. The summed E-state index contributed by atoms with van der Waals surface area (Å²) >= 11 is 0. The standard InChI is InChI=1S/C23H19NO4/c25-22(15-16-6-11-21-18(14-16)12-13-27-21)28-20-9-7-19(8-10-20)24-23(26)17-4-2-1-3-5-17/h1-11,14H,12-13,15H2,(H,24,26). The molecule has 140 valence electrons. The van der Waals surface area contributed by atoms with Crippen LogP contribution in [0, 0.1) is 0 Å². The molecule has 0 radical (unpaired) electrons. The van der Waals surface area contributed by atoms with Crippen molar-refractivity contribution >= 4 is 17.6 Å². The van der Waals surface area contributed by atoms with E-state index in [2.05, 4.69) is 5.32 Å². The van der Waals surface area contributed by atoms with E-state index >= 15 is 0 Å². The number of esters is 1. The Labute approximate surface area is 162 Å². The van der Waals surface area contributed by atoms with E-state index in [1.807, 2.05) is 36.4 Å². The number of carbonyl (C=O) groups excluding carboxylic acids is 2. The van der Waals surface area contributed by atoms with E-state index in [-0.39, 0.29) is 18.3 Å². The molecule has 3 aromatic rings. The van der Waals surface area contributed by atoms with Crippen LogP contribution >= 0.6 is 0 Å². The van der Waals surface area contributed by atoms with E-state index < -0.39 is 0 Å². The lowest BCUT2D eigenvalue weighted by Crippen LogP contribution is -2.12. The zero-order valence-corrected chi connectivity index (χ0v) is 15.2. The third kappa shape index (κ3) is 4.20. The van der Waals surface area contributed by atoms with Gasteiger partial charge in [-0.25, -0.2) is 0 Å². The lowest BCUT2D eigenvalue weighted by Gasteiger charge is -2.08. The number of fused-ring (bicyclic) bond motifs is 1. The summed E-state index contributed by atoms with van der Waals surface area (Å²) in [6, 6.07) is 21.5. The summed E-state index contributed by atoms with van der Waals surface area (Å²) in [6.07, 6.45) is 1.06. The first-order valence-corrected chi connectivity index (χ1v) is 9.09. The van der Waals surface area contributed by atoms with Gasteiger partial charge in [-0.15, -0.1) is 0 Å². The highest BCUT2D eigenvalue weighted by molar-refractivity contribution is 6.04. The molecule has 1 N–H and O–H groups in total. The third-order valence-electron chi connectivity index (χ3n) is 4.48. The van der Waals surface area contributed by atoms with E-state index in [0.717, 1.165) is 23.3 Å². The molecule has 1 aliphatic heterocycles. The number of nitrogens with one attached hydrogen (secondary N) is 1. The molecule has 0 fully saturated rings. The van der Waals surface area contributed by atoms with Gasteiger partial charge in [0.25, 0.3) is 5.91 Å². The molecule has 0 saturated carbocycles. The Hall–Kier alpha value is -3.60. The maximum Gasteiger partial charge on any atom is 0.315 e. The van der Waals surface area contributed by atoms with Crippen LogP contribution in [-0.4, -0.2) is 18.5 Å². The number of rotatable bonds is 5. The van der Waals surface area contributed by atoms with Crippen molar-refractivity contribution in [1.29, 1.82) is 0 Å². The summed E-state index contributed by atoms with van der Waals surface area (Å²) in [5.41, 5.74) is 3.25. The Morgan fingerprint density at radius 2 is 1.75 bits per heavy atom. The summed E-state index contributed by atoms with van der Waals surface area (Å²) in [5, 5.41) is 2.81. The molecule has 0 bridgehead atoms. The summed E-state index contributed by atoms with van der Waals surface area (Å²) in [4.78, 5) is 24.4. The first-order chi connectivity index (χ1) is 13.7. The monoisotopic (exact) mass is 373 g/mol. The van der Waals surface area contributed by atoms with E-state index in [1.165, 1.54) is 0 Å². The van der Waals surface area contributed by atoms with Gasteiger partial charge in [-0.2, -0.15) is 0 Å². The Balaban J connectivity index is 1.34. The minimum absolute atomic E-state index is 0.189. The molecule has 0 saturated heterocycles. The van der Waals surface area contributed by atoms with Crippen molar-refractivity contribution in [2.75, 3.05) is 11.9 Å². The summed E-state index contributed by atoms with van der Waals surface area (Å²) < 4.78 is 10.9. The molecule has 4 rings (SSSR count). The van der Waals surface area contributed by atoms with Crippen LogP contribution in [0.5, 0.6) is 11.5 Å². The van der Waals surface area contributed by atoms with Gasteiger partial charge in [0.2, 0.25) is 0 Å². The largest absolute Gasteiger partial charge is 0.493 e. The van der Waals surface area contributed by atoms with E-state index in [4.69, 9.17) is 9.47 Å². The molecule has 5 nitrogen and oxygen atoms in total. The number of hydrogen-bond donors (Lipinski definition) is 1. The maximum atomic E-state index is 12.2. The Morgan fingerprint density at radius 3 is 2.54 bits per heavy atom. The molecule has 1 amide bonds. The molecule has 0 aromatic heterocycles. The Kier molecular flexibility index (Phi) is 5.06. The van der Waals surface area contributed by atoms with Crippen LogP contribution in [-0.2, 0) is 17.6 Å². The highest BCUT2D eigenvalue weighted by atomic mass is 16.5. The van der Waals surface area contributed by atoms with E-state index in [1.54, 1.807) is 36.4 Å². The normalized spacial score (nSPS) is 12.0. The highest BCUT2D eigenvalue weighted by Crippen LogP contribution is 2.26. The molecular weight excluding hydrogens is 354 g/mol. The van der Waals surface area contributed by atoms with Crippen LogP contribution in [0.1, 0.15) is 21.5 Å². The predicted molar refractivity (Wildman–Crippen MR) is 106 cm³/mol. The van der Waals surface area contributed by atoms with Gasteiger partial charge in [-0.1, -0.05) is 30.3 Å². The highest BCUT2D eigenvalue weighted by Gasteiger charge is 2.14. The zero-order valence-electron chi connectivity index (χ0n) is 15.2. The van der Waals surface area contributed by atoms with Gasteiger partial charge >= 0.3 is 5.97 Å². The van der Waals surface area contributed by atoms with Crippen LogP contribution in [0.4, 0.5) is 5.69 Å². The molecule has 5 heteroatoms. The van der Waals surface area contributed by atoms with Gasteiger partial charge in [0.05, 0.1) is 13.0 Å². The predicted octanol–water partition coefficient (Wildman–Crippen LogP) is 4.02. The second-order valence-corrected chi connectivity index (χ2v) is 6.54. The third-order valence-corrected chi connectivity index (χ3v) is 4.48.